The lowest BCUT2D eigenvalue weighted by Gasteiger charge is -2.34. The maximum absolute atomic E-state index is 12.9. The van der Waals surface area contributed by atoms with Crippen LogP contribution >= 0.6 is 0 Å². The highest BCUT2D eigenvalue weighted by molar-refractivity contribution is 5.94. The molecule has 0 aliphatic carbocycles. The van der Waals surface area contributed by atoms with Crippen LogP contribution in [0.15, 0.2) is 78.9 Å². The van der Waals surface area contributed by atoms with E-state index in [0.717, 1.165) is 36.3 Å². The van der Waals surface area contributed by atoms with E-state index in [1.807, 2.05) is 47.4 Å². The minimum Gasteiger partial charge on any atom is -0.336 e. The van der Waals surface area contributed by atoms with Gasteiger partial charge in [0.2, 0.25) is 0 Å². The molecule has 0 saturated carbocycles. The molecule has 4 rings (SSSR count). The van der Waals surface area contributed by atoms with Crippen molar-refractivity contribution in [1.29, 1.82) is 0 Å². The first-order valence-corrected chi connectivity index (χ1v) is 10.0. The molecule has 0 N–H and O–H groups in total. The molecule has 30 heavy (non-hydrogen) atoms. The molecule has 1 heterocycles. The van der Waals surface area contributed by atoms with Gasteiger partial charge in [0, 0.05) is 50.4 Å². The highest BCUT2D eigenvalue weighted by Crippen LogP contribution is 2.20. The van der Waals surface area contributed by atoms with Gasteiger partial charge < -0.3 is 4.90 Å². The zero-order valence-electron chi connectivity index (χ0n) is 16.6. The fourth-order valence-corrected chi connectivity index (χ4v) is 3.71. The molecule has 0 spiro atoms. The van der Waals surface area contributed by atoms with E-state index in [-0.39, 0.29) is 16.5 Å². The molecule has 152 valence electrons. The Labute approximate surface area is 175 Å². The van der Waals surface area contributed by atoms with Gasteiger partial charge in [-0.15, -0.1) is 0 Å². The third-order valence-corrected chi connectivity index (χ3v) is 5.45. The number of nitro benzene ring substituents is 1. The van der Waals surface area contributed by atoms with Gasteiger partial charge in [0.15, 0.2) is 0 Å². The third-order valence-electron chi connectivity index (χ3n) is 5.45. The Morgan fingerprint density at radius 3 is 2.00 bits per heavy atom. The summed E-state index contributed by atoms with van der Waals surface area (Å²) in [4.78, 5) is 27.4. The lowest BCUT2D eigenvalue weighted by Crippen LogP contribution is -2.48. The molecule has 6 nitrogen and oxygen atoms in total. The van der Waals surface area contributed by atoms with Gasteiger partial charge in [-0.25, -0.2) is 0 Å². The molecular formula is C24H23N3O3. The third kappa shape index (κ3) is 4.55. The van der Waals surface area contributed by atoms with Gasteiger partial charge >= 0.3 is 0 Å². The second kappa shape index (κ2) is 8.88. The molecule has 0 aromatic heterocycles. The van der Waals surface area contributed by atoms with Crippen LogP contribution in [0.1, 0.15) is 15.9 Å². The Morgan fingerprint density at radius 1 is 0.800 bits per heavy atom. The highest BCUT2D eigenvalue weighted by atomic mass is 16.6. The molecule has 1 aliphatic heterocycles. The zero-order valence-corrected chi connectivity index (χ0v) is 16.6. The van der Waals surface area contributed by atoms with Crippen molar-refractivity contribution in [3.05, 3.63) is 100 Å². The van der Waals surface area contributed by atoms with E-state index in [1.165, 1.54) is 12.1 Å². The second-order valence-electron chi connectivity index (χ2n) is 7.44. The van der Waals surface area contributed by atoms with Crippen LogP contribution in [0.25, 0.3) is 11.1 Å². The molecular weight excluding hydrogens is 378 g/mol. The number of hydrogen-bond acceptors (Lipinski definition) is 4. The molecule has 1 amide bonds. The van der Waals surface area contributed by atoms with E-state index in [4.69, 9.17) is 0 Å². The second-order valence-corrected chi connectivity index (χ2v) is 7.44. The largest absolute Gasteiger partial charge is 0.336 e. The maximum atomic E-state index is 12.9. The summed E-state index contributed by atoms with van der Waals surface area (Å²) in [5.41, 5.74) is 4.08. The topological polar surface area (TPSA) is 66.7 Å². The van der Waals surface area contributed by atoms with Gasteiger partial charge in [-0.3, -0.25) is 19.8 Å². The van der Waals surface area contributed by atoms with Crippen LogP contribution < -0.4 is 0 Å². The first-order valence-electron chi connectivity index (χ1n) is 10.0. The van der Waals surface area contributed by atoms with Crippen LogP contribution in [0, 0.1) is 10.1 Å². The predicted octanol–water partition coefficient (Wildman–Crippen LogP) is 4.22. The SMILES string of the molecule is O=C(c1ccc(-c2ccccc2)cc1)N1CCN(Cc2ccc([N+](=O)[O-])cc2)CC1. The summed E-state index contributed by atoms with van der Waals surface area (Å²) in [6, 6.07) is 24.6. The summed E-state index contributed by atoms with van der Waals surface area (Å²) >= 11 is 0. The average Bonchev–Trinajstić information content (AvgIpc) is 2.80. The van der Waals surface area contributed by atoms with Crippen molar-refractivity contribution in [3.63, 3.8) is 0 Å². The van der Waals surface area contributed by atoms with Gasteiger partial charge in [0.05, 0.1) is 4.92 Å². The minimum atomic E-state index is -0.388. The van der Waals surface area contributed by atoms with Gasteiger partial charge in [-0.1, -0.05) is 54.6 Å². The van der Waals surface area contributed by atoms with E-state index >= 15 is 0 Å². The number of hydrogen-bond donors (Lipinski definition) is 0. The number of carbonyl (C=O) groups is 1. The molecule has 3 aromatic carbocycles. The van der Waals surface area contributed by atoms with Crippen molar-refractivity contribution in [2.24, 2.45) is 0 Å². The van der Waals surface area contributed by atoms with Crippen LogP contribution in [0.5, 0.6) is 0 Å². The Bertz CT molecular complexity index is 1010. The summed E-state index contributed by atoms with van der Waals surface area (Å²) in [6.07, 6.45) is 0. The van der Waals surface area contributed by atoms with Crippen LogP contribution in [0.3, 0.4) is 0 Å². The monoisotopic (exact) mass is 401 g/mol. The van der Waals surface area contributed by atoms with E-state index in [9.17, 15) is 14.9 Å². The summed E-state index contributed by atoms with van der Waals surface area (Å²) in [5.74, 6) is 0.0598. The Hall–Kier alpha value is -3.51. The molecule has 3 aromatic rings. The molecule has 1 aliphatic rings. The number of carbonyl (C=O) groups excluding carboxylic acids is 1. The highest BCUT2D eigenvalue weighted by Gasteiger charge is 2.22. The molecule has 6 heteroatoms. The number of nitrogens with zero attached hydrogens (tertiary/aromatic N) is 3. The van der Waals surface area contributed by atoms with Crippen molar-refractivity contribution in [2.45, 2.75) is 6.54 Å². The number of piperazine rings is 1. The Morgan fingerprint density at radius 2 is 1.40 bits per heavy atom. The number of rotatable bonds is 5. The standard InChI is InChI=1S/C24H23N3O3/c28-24(22-10-8-21(9-11-22)20-4-2-1-3-5-20)26-16-14-25(15-17-26)18-19-6-12-23(13-7-19)27(29)30/h1-13H,14-18H2. The van der Waals surface area contributed by atoms with Crippen molar-refractivity contribution >= 4 is 11.6 Å². The Kier molecular flexibility index (Phi) is 5.86. The van der Waals surface area contributed by atoms with Crippen molar-refractivity contribution in [2.75, 3.05) is 26.2 Å². The van der Waals surface area contributed by atoms with Crippen molar-refractivity contribution in [3.8, 4) is 11.1 Å². The average molecular weight is 401 g/mol. The smallest absolute Gasteiger partial charge is 0.269 e. The molecule has 0 bridgehead atoms. The lowest BCUT2D eigenvalue weighted by atomic mass is 10.0. The van der Waals surface area contributed by atoms with Gasteiger partial charge in [0.25, 0.3) is 11.6 Å². The van der Waals surface area contributed by atoms with Crippen molar-refractivity contribution < 1.29 is 9.72 Å². The zero-order chi connectivity index (χ0) is 20.9. The Balaban J connectivity index is 1.32. The molecule has 1 fully saturated rings. The van der Waals surface area contributed by atoms with E-state index in [2.05, 4.69) is 17.0 Å². The molecule has 1 saturated heterocycles. The fourth-order valence-electron chi connectivity index (χ4n) is 3.71. The van der Waals surface area contributed by atoms with E-state index in [1.54, 1.807) is 12.1 Å². The van der Waals surface area contributed by atoms with Crippen LogP contribution in [0.4, 0.5) is 5.69 Å². The quantitative estimate of drug-likeness (QED) is 0.474. The van der Waals surface area contributed by atoms with Crippen LogP contribution in [-0.4, -0.2) is 46.8 Å². The summed E-state index contributed by atoms with van der Waals surface area (Å²) in [7, 11) is 0. The van der Waals surface area contributed by atoms with Crippen molar-refractivity contribution in [1.82, 2.24) is 9.80 Å². The fraction of sp³-hybridized carbons (Fsp3) is 0.208. The predicted molar refractivity (Wildman–Crippen MR) is 116 cm³/mol. The van der Waals surface area contributed by atoms with Gasteiger partial charge in [-0.2, -0.15) is 0 Å². The summed E-state index contributed by atoms with van der Waals surface area (Å²) < 4.78 is 0. The number of non-ortho nitro benzene ring substituents is 1. The first kappa shape index (κ1) is 19.8. The number of amides is 1. The van der Waals surface area contributed by atoms with E-state index < -0.39 is 0 Å². The van der Waals surface area contributed by atoms with Crippen LogP contribution in [0.2, 0.25) is 0 Å². The van der Waals surface area contributed by atoms with Gasteiger partial charge in [-0.05, 0) is 28.8 Å². The number of nitro groups is 1. The molecule has 0 radical (unpaired) electrons. The molecule has 0 unspecified atom stereocenters. The van der Waals surface area contributed by atoms with E-state index in [0.29, 0.717) is 18.7 Å². The first-order chi connectivity index (χ1) is 14.6. The maximum Gasteiger partial charge on any atom is 0.269 e. The normalized spacial score (nSPS) is 14.5. The molecule has 0 atom stereocenters. The lowest BCUT2D eigenvalue weighted by molar-refractivity contribution is -0.384. The summed E-state index contributed by atoms with van der Waals surface area (Å²) in [5, 5.41) is 10.8. The number of benzene rings is 3. The summed E-state index contributed by atoms with van der Waals surface area (Å²) in [6.45, 7) is 3.64. The van der Waals surface area contributed by atoms with Crippen LogP contribution in [-0.2, 0) is 6.54 Å². The minimum absolute atomic E-state index is 0.0598. The van der Waals surface area contributed by atoms with Gasteiger partial charge in [0.1, 0.15) is 0 Å².